The molecule has 4 atom stereocenters. The minimum atomic E-state index is -1.22. The van der Waals surface area contributed by atoms with Crippen LogP contribution >= 0.6 is 12.6 Å². The molecule has 0 aromatic rings. The predicted octanol–water partition coefficient (Wildman–Crippen LogP) is -1.85. The number of amides is 3. The van der Waals surface area contributed by atoms with Gasteiger partial charge < -0.3 is 38.3 Å². The zero-order chi connectivity index (χ0) is 25.0. The number of carbonyl (C=O) groups excluding carboxylic acids is 3. The molecule has 0 spiro atoms. The van der Waals surface area contributed by atoms with Gasteiger partial charge in [0.1, 0.15) is 18.1 Å². The first-order valence-electron chi connectivity index (χ1n) is 10.4. The van der Waals surface area contributed by atoms with E-state index in [9.17, 15) is 24.3 Å². The van der Waals surface area contributed by atoms with E-state index in [4.69, 9.17) is 17.2 Å². The number of nitrogens with one attached hydrogen (secondary N) is 3. The van der Waals surface area contributed by atoms with Gasteiger partial charge in [-0.05, 0) is 24.7 Å². The van der Waals surface area contributed by atoms with Gasteiger partial charge in [-0.2, -0.15) is 12.6 Å². The zero-order valence-electron chi connectivity index (χ0n) is 19.0. The van der Waals surface area contributed by atoms with Gasteiger partial charge in [-0.1, -0.05) is 27.7 Å². The van der Waals surface area contributed by atoms with Crippen LogP contribution in [0.15, 0.2) is 4.99 Å². The number of nitrogens with zero attached hydrogens (tertiary/aromatic N) is 1. The Morgan fingerprint density at radius 2 is 1.38 bits per heavy atom. The minimum absolute atomic E-state index is 0.100. The Morgan fingerprint density at radius 3 is 1.78 bits per heavy atom. The zero-order valence-corrected chi connectivity index (χ0v) is 19.9. The van der Waals surface area contributed by atoms with Crippen LogP contribution in [0.3, 0.4) is 0 Å². The lowest BCUT2D eigenvalue weighted by Gasteiger charge is -2.28. The number of aliphatic carboxylic acids is 1. The van der Waals surface area contributed by atoms with Crippen molar-refractivity contribution in [3.05, 3.63) is 0 Å². The lowest BCUT2D eigenvalue weighted by molar-refractivity contribution is -0.142. The van der Waals surface area contributed by atoms with E-state index in [2.05, 4.69) is 33.6 Å². The van der Waals surface area contributed by atoms with Gasteiger partial charge in [-0.25, -0.2) is 4.79 Å². The van der Waals surface area contributed by atoms with Crippen LogP contribution in [-0.4, -0.2) is 71.2 Å². The standard InChI is InChI=1S/C19H37N7O5S/c1-9(2)13(16(28)24-12(18(30)31)6-5-7-23-19(21)22)26-17(29)14(10(3)4)25-15(27)11(20)8-32/h9-14,32H,5-8,20H2,1-4H3,(H,24,28)(H,25,27)(H,26,29)(H,30,31)(H4,21,22,23). The van der Waals surface area contributed by atoms with Crippen LogP contribution < -0.4 is 33.2 Å². The summed E-state index contributed by atoms with van der Waals surface area (Å²) in [6.07, 6.45) is 0.434. The molecular weight excluding hydrogens is 438 g/mol. The first-order valence-corrected chi connectivity index (χ1v) is 11.0. The largest absolute Gasteiger partial charge is 0.480 e. The third-order valence-electron chi connectivity index (χ3n) is 4.59. The molecule has 0 aliphatic carbocycles. The summed E-state index contributed by atoms with van der Waals surface area (Å²) in [6, 6.07) is -4.01. The van der Waals surface area contributed by atoms with Crippen LogP contribution in [0.25, 0.3) is 0 Å². The number of carbonyl (C=O) groups is 4. The average molecular weight is 476 g/mol. The number of thiol groups is 1. The Morgan fingerprint density at radius 1 is 0.906 bits per heavy atom. The van der Waals surface area contributed by atoms with Gasteiger partial charge in [0.15, 0.2) is 5.96 Å². The van der Waals surface area contributed by atoms with Crippen molar-refractivity contribution in [3.8, 4) is 0 Å². The number of aliphatic imine (C=N–C) groups is 1. The normalized spacial score (nSPS) is 14.8. The van der Waals surface area contributed by atoms with E-state index in [1.54, 1.807) is 27.7 Å². The molecular formula is C19H37N7O5S. The number of carboxylic acid groups (broad SMARTS) is 1. The van der Waals surface area contributed by atoms with Crippen LogP contribution in [0.2, 0.25) is 0 Å². The van der Waals surface area contributed by atoms with Crippen molar-refractivity contribution >= 4 is 42.3 Å². The van der Waals surface area contributed by atoms with Crippen molar-refractivity contribution in [1.29, 1.82) is 0 Å². The Labute approximate surface area is 193 Å². The average Bonchev–Trinajstić information content (AvgIpc) is 2.70. The van der Waals surface area contributed by atoms with Crippen molar-refractivity contribution in [2.24, 2.45) is 34.0 Å². The van der Waals surface area contributed by atoms with Crippen molar-refractivity contribution in [3.63, 3.8) is 0 Å². The van der Waals surface area contributed by atoms with Crippen molar-refractivity contribution in [1.82, 2.24) is 16.0 Å². The maximum Gasteiger partial charge on any atom is 0.326 e. The summed E-state index contributed by atoms with van der Waals surface area (Å²) in [4.78, 5) is 53.0. The lowest BCUT2D eigenvalue weighted by atomic mass is 9.99. The fourth-order valence-electron chi connectivity index (χ4n) is 2.68. The second-order valence-corrected chi connectivity index (χ2v) is 8.46. The molecule has 0 aromatic carbocycles. The fourth-order valence-corrected chi connectivity index (χ4v) is 2.84. The lowest BCUT2D eigenvalue weighted by Crippen LogP contribution is -2.59. The number of hydrogen-bond acceptors (Lipinski definition) is 7. The summed E-state index contributed by atoms with van der Waals surface area (Å²) in [5, 5.41) is 17.0. The van der Waals surface area contributed by atoms with Crippen LogP contribution in [0.5, 0.6) is 0 Å². The minimum Gasteiger partial charge on any atom is -0.480 e. The monoisotopic (exact) mass is 475 g/mol. The van der Waals surface area contributed by atoms with Gasteiger partial charge in [-0.3, -0.25) is 19.4 Å². The summed E-state index contributed by atoms with van der Waals surface area (Å²) in [7, 11) is 0. The van der Waals surface area contributed by atoms with Crippen LogP contribution in [0.4, 0.5) is 0 Å². The fraction of sp³-hybridized carbons (Fsp3) is 0.737. The van der Waals surface area contributed by atoms with E-state index < -0.39 is 47.9 Å². The molecule has 3 amide bonds. The summed E-state index contributed by atoms with van der Waals surface area (Å²) in [5.74, 6) is -3.62. The molecule has 0 radical (unpaired) electrons. The number of hydrogen-bond donors (Lipinski definition) is 8. The highest BCUT2D eigenvalue weighted by atomic mass is 32.1. The molecule has 0 saturated heterocycles. The summed E-state index contributed by atoms with van der Waals surface area (Å²) in [6.45, 7) is 7.10. The third-order valence-corrected chi connectivity index (χ3v) is 4.98. The first-order chi connectivity index (χ1) is 14.8. The molecule has 0 aliphatic heterocycles. The van der Waals surface area contributed by atoms with E-state index in [-0.39, 0.29) is 36.5 Å². The summed E-state index contributed by atoms with van der Waals surface area (Å²) < 4.78 is 0. The van der Waals surface area contributed by atoms with Crippen molar-refractivity contribution < 1.29 is 24.3 Å². The van der Waals surface area contributed by atoms with E-state index >= 15 is 0 Å². The van der Waals surface area contributed by atoms with E-state index in [1.807, 2.05) is 0 Å². The highest BCUT2D eigenvalue weighted by Crippen LogP contribution is 2.08. The van der Waals surface area contributed by atoms with Gasteiger partial charge in [0, 0.05) is 12.3 Å². The van der Waals surface area contributed by atoms with Crippen LogP contribution in [0, 0.1) is 11.8 Å². The summed E-state index contributed by atoms with van der Waals surface area (Å²) >= 11 is 3.97. The second kappa shape index (κ2) is 14.5. The molecule has 13 heteroatoms. The smallest absolute Gasteiger partial charge is 0.326 e. The Kier molecular flexibility index (Phi) is 13.4. The Balaban J connectivity index is 5.26. The molecule has 10 N–H and O–H groups in total. The van der Waals surface area contributed by atoms with Crippen LogP contribution in [0.1, 0.15) is 40.5 Å². The summed E-state index contributed by atoms with van der Waals surface area (Å²) in [5.41, 5.74) is 16.1. The maximum atomic E-state index is 12.8. The van der Waals surface area contributed by atoms with Crippen molar-refractivity contribution in [2.45, 2.75) is 64.7 Å². The van der Waals surface area contributed by atoms with Crippen LogP contribution in [-0.2, 0) is 19.2 Å². The molecule has 0 fully saturated rings. The number of rotatable bonds is 14. The van der Waals surface area contributed by atoms with Gasteiger partial charge in [0.05, 0.1) is 6.04 Å². The Bertz CT molecular complexity index is 683. The SMILES string of the molecule is CC(C)C(NC(=O)C(N)CS)C(=O)NC(C(=O)NC(CCCN=C(N)N)C(=O)O)C(C)C. The number of nitrogens with two attached hydrogens (primary N) is 3. The third kappa shape index (κ3) is 10.7. The van der Waals surface area contributed by atoms with Gasteiger partial charge >= 0.3 is 5.97 Å². The molecule has 0 bridgehead atoms. The first kappa shape index (κ1) is 29.5. The maximum absolute atomic E-state index is 12.8. The molecule has 0 heterocycles. The molecule has 0 saturated carbocycles. The molecule has 12 nitrogen and oxygen atoms in total. The topological polar surface area (TPSA) is 215 Å². The highest BCUT2D eigenvalue weighted by Gasteiger charge is 2.32. The molecule has 4 unspecified atom stereocenters. The molecule has 184 valence electrons. The highest BCUT2D eigenvalue weighted by molar-refractivity contribution is 7.80. The quantitative estimate of drug-likeness (QED) is 0.0616. The van der Waals surface area contributed by atoms with Gasteiger partial charge in [0.2, 0.25) is 17.7 Å². The van der Waals surface area contributed by atoms with Crippen molar-refractivity contribution in [2.75, 3.05) is 12.3 Å². The molecule has 0 aliphatic rings. The Hall–Kier alpha value is -2.54. The van der Waals surface area contributed by atoms with Gasteiger partial charge in [0.25, 0.3) is 0 Å². The predicted molar refractivity (Wildman–Crippen MR) is 125 cm³/mol. The molecule has 32 heavy (non-hydrogen) atoms. The van der Waals surface area contributed by atoms with E-state index in [0.717, 1.165) is 0 Å². The molecule has 0 aromatic heterocycles. The molecule has 0 rings (SSSR count). The number of guanidine groups is 1. The second-order valence-electron chi connectivity index (χ2n) is 8.10. The van der Waals surface area contributed by atoms with E-state index in [0.29, 0.717) is 6.42 Å². The number of carboxylic acids is 1. The van der Waals surface area contributed by atoms with Gasteiger partial charge in [-0.15, -0.1) is 0 Å². The van der Waals surface area contributed by atoms with E-state index in [1.165, 1.54) is 0 Å².